The number of fused-ring (bicyclic) bond motifs is 1. The Morgan fingerprint density at radius 2 is 1.72 bits per heavy atom. The maximum atomic E-state index is 12.8. The monoisotopic (exact) mass is 454 g/mol. The summed E-state index contributed by atoms with van der Waals surface area (Å²) in [6.45, 7) is 1.56. The lowest BCUT2D eigenvalue weighted by Gasteiger charge is -2.24. The lowest BCUT2D eigenvalue weighted by molar-refractivity contribution is 0.0942. The Labute approximate surface area is 189 Å². The molecule has 0 aliphatic carbocycles. The van der Waals surface area contributed by atoms with E-state index in [2.05, 4.69) is 33.1 Å². The maximum absolute atomic E-state index is 12.8. The van der Waals surface area contributed by atoms with Crippen molar-refractivity contribution >= 4 is 26.8 Å². The molecule has 7 nitrogen and oxygen atoms in total. The zero-order chi connectivity index (χ0) is 22.9. The van der Waals surface area contributed by atoms with Crippen molar-refractivity contribution in [1.29, 1.82) is 0 Å². The Morgan fingerprint density at radius 1 is 1.06 bits per heavy atom. The molecule has 2 heterocycles. The van der Waals surface area contributed by atoms with E-state index in [1.54, 1.807) is 12.1 Å². The molecule has 32 heavy (non-hydrogen) atoms. The third-order valence-corrected chi connectivity index (χ3v) is 8.10. The number of carbonyl (C=O) groups is 1. The average Bonchev–Trinajstić information content (AvgIpc) is 3.44. The van der Waals surface area contributed by atoms with E-state index in [-0.39, 0.29) is 16.8 Å². The molecule has 0 spiro atoms. The molecule has 1 amide bonds. The Balaban J connectivity index is 1.48. The first kappa shape index (κ1) is 22.5. The number of hydrogen-bond acceptors (Lipinski definition) is 4. The van der Waals surface area contributed by atoms with Gasteiger partial charge in [0.25, 0.3) is 5.91 Å². The quantitative estimate of drug-likeness (QED) is 0.596. The van der Waals surface area contributed by atoms with Crippen molar-refractivity contribution < 1.29 is 13.2 Å². The van der Waals surface area contributed by atoms with E-state index in [1.807, 2.05) is 33.3 Å². The minimum Gasteiger partial charge on any atom is -0.350 e. The van der Waals surface area contributed by atoms with Gasteiger partial charge in [0, 0.05) is 49.3 Å². The van der Waals surface area contributed by atoms with Crippen LogP contribution < -0.4 is 5.32 Å². The Morgan fingerprint density at radius 3 is 2.38 bits per heavy atom. The van der Waals surface area contributed by atoms with E-state index >= 15 is 0 Å². The molecule has 0 radical (unpaired) electrons. The number of hydrogen-bond donors (Lipinski definition) is 1. The molecule has 8 heteroatoms. The van der Waals surface area contributed by atoms with Crippen LogP contribution in [0.25, 0.3) is 10.9 Å². The Kier molecular flexibility index (Phi) is 6.37. The van der Waals surface area contributed by atoms with Crippen LogP contribution in [0, 0.1) is 0 Å². The second-order valence-corrected chi connectivity index (χ2v) is 10.5. The molecule has 1 fully saturated rings. The third kappa shape index (κ3) is 4.30. The fourth-order valence-corrected chi connectivity index (χ4v) is 5.87. The van der Waals surface area contributed by atoms with Gasteiger partial charge in [-0.1, -0.05) is 18.2 Å². The van der Waals surface area contributed by atoms with Gasteiger partial charge >= 0.3 is 0 Å². The van der Waals surface area contributed by atoms with Gasteiger partial charge in [0.2, 0.25) is 10.0 Å². The van der Waals surface area contributed by atoms with Crippen LogP contribution in [0.2, 0.25) is 0 Å². The molecular formula is C24H30N4O3S. The largest absolute Gasteiger partial charge is 0.350 e. The summed E-state index contributed by atoms with van der Waals surface area (Å²) in [6, 6.07) is 14.4. The standard InChI is InChI=1S/C24H30N4O3S/c1-26(2)23(21-17-27(3)22-9-5-4-8-20(21)22)16-25-24(29)18-10-12-19(13-11-18)32(30,31)28-14-6-7-15-28/h4-5,8-13,17,23H,6-7,14-16H2,1-3H3,(H,25,29). The van der Waals surface area contributed by atoms with Gasteiger partial charge in [0.1, 0.15) is 0 Å². The molecule has 1 N–H and O–H groups in total. The number of aromatic nitrogens is 1. The van der Waals surface area contributed by atoms with Crippen LogP contribution in [0.15, 0.2) is 59.6 Å². The van der Waals surface area contributed by atoms with Gasteiger partial charge in [-0.15, -0.1) is 0 Å². The van der Waals surface area contributed by atoms with E-state index in [9.17, 15) is 13.2 Å². The predicted molar refractivity (Wildman–Crippen MR) is 126 cm³/mol. The number of likely N-dealkylation sites (N-methyl/N-ethyl adjacent to an activating group) is 1. The molecule has 1 saturated heterocycles. The van der Waals surface area contributed by atoms with Crippen molar-refractivity contribution in [2.24, 2.45) is 7.05 Å². The highest BCUT2D eigenvalue weighted by atomic mass is 32.2. The van der Waals surface area contributed by atoms with E-state index in [0.717, 1.165) is 23.9 Å². The number of benzene rings is 2. The summed E-state index contributed by atoms with van der Waals surface area (Å²) in [5.74, 6) is -0.220. The molecule has 2 aromatic carbocycles. The molecule has 3 aromatic rings. The average molecular weight is 455 g/mol. The van der Waals surface area contributed by atoms with Crippen molar-refractivity contribution in [2.75, 3.05) is 33.7 Å². The van der Waals surface area contributed by atoms with E-state index in [1.165, 1.54) is 21.8 Å². The number of amides is 1. The van der Waals surface area contributed by atoms with Gasteiger partial charge in [-0.2, -0.15) is 4.31 Å². The summed E-state index contributed by atoms with van der Waals surface area (Å²) in [5, 5.41) is 4.18. The molecule has 1 atom stereocenters. The maximum Gasteiger partial charge on any atom is 0.251 e. The van der Waals surface area contributed by atoms with Crippen LogP contribution in [0.4, 0.5) is 0 Å². The lowest BCUT2D eigenvalue weighted by atomic mass is 10.0. The number of aryl methyl sites for hydroxylation is 1. The minimum absolute atomic E-state index is 0.000123. The molecule has 1 aliphatic rings. The SMILES string of the molecule is CN(C)C(CNC(=O)c1ccc(S(=O)(=O)N2CCCC2)cc1)c1cn(C)c2ccccc12. The van der Waals surface area contributed by atoms with Crippen molar-refractivity contribution in [1.82, 2.24) is 19.1 Å². The highest BCUT2D eigenvalue weighted by Gasteiger charge is 2.27. The number of sulfonamides is 1. The summed E-state index contributed by atoms with van der Waals surface area (Å²) in [7, 11) is 2.54. The lowest BCUT2D eigenvalue weighted by Crippen LogP contribution is -2.34. The second kappa shape index (κ2) is 9.05. The number of para-hydroxylation sites is 1. The normalized spacial score (nSPS) is 16.0. The van der Waals surface area contributed by atoms with Crippen LogP contribution in [0.5, 0.6) is 0 Å². The molecule has 0 saturated carbocycles. The summed E-state index contributed by atoms with van der Waals surface area (Å²) in [4.78, 5) is 15.1. The Hall–Kier alpha value is -2.68. The smallest absolute Gasteiger partial charge is 0.251 e. The van der Waals surface area contributed by atoms with Crippen LogP contribution in [0.3, 0.4) is 0 Å². The first-order valence-corrected chi connectivity index (χ1v) is 12.3. The fourth-order valence-electron chi connectivity index (χ4n) is 4.36. The zero-order valence-electron chi connectivity index (χ0n) is 18.8. The van der Waals surface area contributed by atoms with Crippen LogP contribution in [-0.4, -0.2) is 61.8 Å². The summed E-state index contributed by atoms with van der Waals surface area (Å²) in [6.07, 6.45) is 3.90. The Bertz CT molecular complexity index is 1210. The molecule has 1 unspecified atom stereocenters. The van der Waals surface area contributed by atoms with Crippen LogP contribution in [0.1, 0.15) is 34.8 Å². The van der Waals surface area contributed by atoms with Crippen molar-refractivity contribution in [3.8, 4) is 0 Å². The number of carbonyl (C=O) groups excluding carboxylic acids is 1. The van der Waals surface area contributed by atoms with Crippen LogP contribution in [-0.2, 0) is 17.1 Å². The topological polar surface area (TPSA) is 74.7 Å². The van der Waals surface area contributed by atoms with E-state index < -0.39 is 10.0 Å². The van der Waals surface area contributed by atoms with Crippen molar-refractivity contribution in [3.63, 3.8) is 0 Å². The summed E-state index contributed by atoms with van der Waals surface area (Å²) < 4.78 is 29.0. The zero-order valence-corrected chi connectivity index (χ0v) is 19.6. The van der Waals surface area contributed by atoms with Gasteiger partial charge in [-0.3, -0.25) is 4.79 Å². The van der Waals surface area contributed by atoms with Gasteiger partial charge in [0.15, 0.2) is 0 Å². The van der Waals surface area contributed by atoms with E-state index in [0.29, 0.717) is 25.2 Å². The van der Waals surface area contributed by atoms with Gasteiger partial charge in [-0.25, -0.2) is 8.42 Å². The molecule has 1 aromatic heterocycles. The highest BCUT2D eigenvalue weighted by Crippen LogP contribution is 2.28. The third-order valence-electron chi connectivity index (χ3n) is 6.19. The highest BCUT2D eigenvalue weighted by molar-refractivity contribution is 7.89. The molecule has 1 aliphatic heterocycles. The second-order valence-electron chi connectivity index (χ2n) is 8.54. The predicted octanol–water partition coefficient (Wildman–Crippen LogP) is 3.00. The molecule has 0 bridgehead atoms. The number of nitrogens with zero attached hydrogens (tertiary/aromatic N) is 3. The first-order valence-electron chi connectivity index (χ1n) is 10.9. The summed E-state index contributed by atoms with van der Waals surface area (Å²) in [5.41, 5.74) is 2.75. The van der Waals surface area contributed by atoms with Gasteiger partial charge in [0.05, 0.1) is 10.9 Å². The molecular weight excluding hydrogens is 424 g/mol. The summed E-state index contributed by atoms with van der Waals surface area (Å²) >= 11 is 0. The number of rotatable bonds is 7. The minimum atomic E-state index is -3.48. The van der Waals surface area contributed by atoms with Crippen molar-refractivity contribution in [3.05, 3.63) is 65.9 Å². The fraction of sp³-hybridized carbons (Fsp3) is 0.375. The number of nitrogens with one attached hydrogen (secondary N) is 1. The van der Waals surface area contributed by atoms with Gasteiger partial charge < -0.3 is 14.8 Å². The first-order chi connectivity index (χ1) is 15.3. The molecule has 4 rings (SSSR count). The van der Waals surface area contributed by atoms with Crippen molar-refractivity contribution in [2.45, 2.75) is 23.8 Å². The van der Waals surface area contributed by atoms with Gasteiger partial charge in [-0.05, 0) is 62.8 Å². The van der Waals surface area contributed by atoms with E-state index in [4.69, 9.17) is 0 Å². The van der Waals surface area contributed by atoms with Crippen LogP contribution >= 0.6 is 0 Å². The molecule has 170 valence electrons.